The maximum Gasteiger partial charge on any atom is 0.133 e. The van der Waals surface area contributed by atoms with Crippen molar-refractivity contribution in [1.82, 2.24) is 10.3 Å². The van der Waals surface area contributed by atoms with Crippen LogP contribution in [0.5, 0.6) is 0 Å². The zero-order valence-corrected chi connectivity index (χ0v) is 15.3. The van der Waals surface area contributed by atoms with Gasteiger partial charge >= 0.3 is 0 Å². The zero-order valence-electron chi connectivity index (χ0n) is 14.5. The van der Waals surface area contributed by atoms with E-state index in [-0.39, 0.29) is 0 Å². The van der Waals surface area contributed by atoms with Crippen LogP contribution in [0.3, 0.4) is 0 Å². The molecule has 2 nitrogen and oxygen atoms in total. The molecule has 0 atom stereocenters. The van der Waals surface area contributed by atoms with Gasteiger partial charge in [0.1, 0.15) is 5.15 Å². The molecule has 0 spiro atoms. The van der Waals surface area contributed by atoms with E-state index in [9.17, 15) is 0 Å². The van der Waals surface area contributed by atoms with Crippen LogP contribution >= 0.6 is 11.6 Å². The lowest BCUT2D eigenvalue weighted by Crippen LogP contribution is -2.17. The first-order valence-corrected chi connectivity index (χ1v) is 9.12. The van der Waals surface area contributed by atoms with E-state index >= 15 is 0 Å². The summed E-state index contributed by atoms with van der Waals surface area (Å²) in [4.78, 5) is 4.34. The van der Waals surface area contributed by atoms with Gasteiger partial charge in [-0.05, 0) is 42.1 Å². The van der Waals surface area contributed by atoms with Gasteiger partial charge in [-0.1, -0.05) is 73.1 Å². The SMILES string of the molecule is CCc1ccc(CCNCc2cc(-c3ccccc3)cnc2Cl)cc1. The highest BCUT2D eigenvalue weighted by Crippen LogP contribution is 2.22. The molecule has 0 saturated carbocycles. The van der Waals surface area contributed by atoms with Crippen molar-refractivity contribution in [3.05, 3.63) is 88.7 Å². The van der Waals surface area contributed by atoms with Crippen molar-refractivity contribution in [3.8, 4) is 11.1 Å². The van der Waals surface area contributed by atoms with Gasteiger partial charge in [0.15, 0.2) is 0 Å². The monoisotopic (exact) mass is 350 g/mol. The Morgan fingerprint density at radius 1 is 0.920 bits per heavy atom. The fourth-order valence-corrected chi connectivity index (χ4v) is 2.97. The van der Waals surface area contributed by atoms with E-state index in [0.29, 0.717) is 5.15 Å². The number of rotatable bonds is 7. The van der Waals surface area contributed by atoms with Crippen LogP contribution in [0.2, 0.25) is 5.15 Å². The van der Waals surface area contributed by atoms with Crippen molar-refractivity contribution < 1.29 is 0 Å². The first-order chi connectivity index (χ1) is 12.3. The van der Waals surface area contributed by atoms with E-state index in [1.54, 1.807) is 0 Å². The molecule has 1 N–H and O–H groups in total. The summed E-state index contributed by atoms with van der Waals surface area (Å²) in [7, 11) is 0. The quantitative estimate of drug-likeness (QED) is 0.462. The average Bonchev–Trinajstić information content (AvgIpc) is 2.67. The number of pyridine rings is 1. The number of hydrogen-bond acceptors (Lipinski definition) is 2. The van der Waals surface area contributed by atoms with Crippen LogP contribution < -0.4 is 5.32 Å². The molecule has 3 aromatic rings. The highest BCUT2D eigenvalue weighted by molar-refractivity contribution is 6.30. The van der Waals surface area contributed by atoms with Gasteiger partial charge in [-0.25, -0.2) is 4.98 Å². The van der Waals surface area contributed by atoms with Gasteiger partial charge < -0.3 is 5.32 Å². The fraction of sp³-hybridized carbons (Fsp3) is 0.227. The van der Waals surface area contributed by atoms with Gasteiger partial charge in [-0.15, -0.1) is 0 Å². The summed E-state index contributed by atoms with van der Waals surface area (Å²) >= 11 is 6.26. The summed E-state index contributed by atoms with van der Waals surface area (Å²) in [5.74, 6) is 0. The van der Waals surface area contributed by atoms with Crippen LogP contribution in [0.4, 0.5) is 0 Å². The number of halogens is 1. The summed E-state index contributed by atoms with van der Waals surface area (Å²) in [6.45, 7) is 3.81. The van der Waals surface area contributed by atoms with E-state index in [0.717, 1.165) is 42.6 Å². The number of aromatic nitrogens is 1. The molecule has 0 radical (unpaired) electrons. The summed E-state index contributed by atoms with van der Waals surface area (Å²) in [5, 5.41) is 4.04. The van der Waals surface area contributed by atoms with Crippen LogP contribution in [0.25, 0.3) is 11.1 Å². The third kappa shape index (κ3) is 4.91. The molecule has 1 heterocycles. The number of benzene rings is 2. The minimum atomic E-state index is 0.569. The maximum atomic E-state index is 6.26. The van der Waals surface area contributed by atoms with Crippen LogP contribution in [0.15, 0.2) is 66.9 Å². The van der Waals surface area contributed by atoms with Crippen molar-refractivity contribution in [2.24, 2.45) is 0 Å². The lowest BCUT2D eigenvalue weighted by atomic mass is 10.1. The highest BCUT2D eigenvalue weighted by Gasteiger charge is 2.05. The van der Waals surface area contributed by atoms with Gasteiger partial charge in [-0.3, -0.25) is 0 Å². The molecule has 0 fully saturated rings. The lowest BCUT2D eigenvalue weighted by Gasteiger charge is -2.09. The minimum Gasteiger partial charge on any atom is -0.312 e. The van der Waals surface area contributed by atoms with Crippen LogP contribution in [0, 0.1) is 0 Å². The zero-order chi connectivity index (χ0) is 17.5. The Bertz CT molecular complexity index is 798. The first kappa shape index (κ1) is 17.7. The van der Waals surface area contributed by atoms with E-state index in [2.05, 4.69) is 59.7 Å². The van der Waals surface area contributed by atoms with Crippen molar-refractivity contribution >= 4 is 11.6 Å². The molecule has 128 valence electrons. The molecule has 0 amide bonds. The molecule has 3 rings (SSSR count). The smallest absolute Gasteiger partial charge is 0.133 e. The van der Waals surface area contributed by atoms with Crippen molar-refractivity contribution in [1.29, 1.82) is 0 Å². The summed E-state index contributed by atoms with van der Waals surface area (Å²) in [6, 6.07) is 21.2. The third-order valence-electron chi connectivity index (χ3n) is 4.36. The van der Waals surface area contributed by atoms with Gasteiger partial charge in [0.05, 0.1) is 0 Å². The predicted molar refractivity (Wildman–Crippen MR) is 106 cm³/mol. The van der Waals surface area contributed by atoms with Gasteiger partial charge in [0.25, 0.3) is 0 Å². The standard InChI is InChI=1S/C22H23ClN2/c1-2-17-8-10-18(11-9-17)12-13-24-15-21-14-20(16-25-22(21)23)19-6-4-3-5-7-19/h3-11,14,16,24H,2,12-13,15H2,1H3. The molecule has 0 aliphatic carbocycles. The molecule has 0 aliphatic heterocycles. The molecule has 0 aliphatic rings. The molecule has 2 aromatic carbocycles. The lowest BCUT2D eigenvalue weighted by molar-refractivity contribution is 0.685. The minimum absolute atomic E-state index is 0.569. The topological polar surface area (TPSA) is 24.9 Å². The second-order valence-corrected chi connectivity index (χ2v) is 6.49. The predicted octanol–water partition coefficient (Wildman–Crippen LogP) is 5.30. The molecule has 3 heteroatoms. The fourth-order valence-electron chi connectivity index (χ4n) is 2.80. The molecule has 25 heavy (non-hydrogen) atoms. The Hall–Kier alpha value is -2.16. The molecule has 0 bridgehead atoms. The Morgan fingerprint density at radius 3 is 2.36 bits per heavy atom. The molecular formula is C22H23ClN2. The average molecular weight is 351 g/mol. The van der Waals surface area contributed by atoms with E-state index in [1.807, 2.05) is 24.4 Å². The van der Waals surface area contributed by atoms with Crippen molar-refractivity contribution in [2.45, 2.75) is 26.3 Å². The van der Waals surface area contributed by atoms with Crippen LogP contribution in [-0.4, -0.2) is 11.5 Å². The summed E-state index contributed by atoms with van der Waals surface area (Å²) in [5.41, 5.74) is 6.02. The number of hydrogen-bond donors (Lipinski definition) is 1. The number of nitrogens with one attached hydrogen (secondary N) is 1. The van der Waals surface area contributed by atoms with Crippen molar-refractivity contribution in [2.75, 3.05) is 6.54 Å². The molecule has 0 saturated heterocycles. The Kier molecular flexibility index (Phi) is 6.21. The maximum absolute atomic E-state index is 6.26. The molecule has 0 unspecified atom stereocenters. The van der Waals surface area contributed by atoms with Crippen LogP contribution in [0.1, 0.15) is 23.6 Å². The second kappa shape index (κ2) is 8.80. The molecular weight excluding hydrogens is 328 g/mol. The van der Waals surface area contributed by atoms with Gasteiger partial charge in [0, 0.05) is 23.9 Å². The van der Waals surface area contributed by atoms with Crippen molar-refractivity contribution in [3.63, 3.8) is 0 Å². The van der Waals surface area contributed by atoms with E-state index in [1.165, 1.54) is 11.1 Å². The number of nitrogens with zero attached hydrogens (tertiary/aromatic N) is 1. The van der Waals surface area contributed by atoms with E-state index < -0.39 is 0 Å². The van der Waals surface area contributed by atoms with E-state index in [4.69, 9.17) is 11.6 Å². The van der Waals surface area contributed by atoms with Gasteiger partial charge in [0.2, 0.25) is 0 Å². The van der Waals surface area contributed by atoms with Crippen LogP contribution in [-0.2, 0) is 19.4 Å². The summed E-state index contributed by atoms with van der Waals surface area (Å²) in [6.07, 6.45) is 3.92. The Morgan fingerprint density at radius 2 is 1.64 bits per heavy atom. The summed E-state index contributed by atoms with van der Waals surface area (Å²) < 4.78 is 0. The second-order valence-electron chi connectivity index (χ2n) is 6.14. The first-order valence-electron chi connectivity index (χ1n) is 8.74. The normalized spacial score (nSPS) is 10.8. The Labute approximate surface area is 154 Å². The third-order valence-corrected chi connectivity index (χ3v) is 4.70. The Balaban J connectivity index is 1.57. The number of aryl methyl sites for hydroxylation is 1. The molecule has 1 aromatic heterocycles. The van der Waals surface area contributed by atoms with Gasteiger partial charge in [-0.2, -0.15) is 0 Å². The highest BCUT2D eigenvalue weighted by atomic mass is 35.5. The largest absolute Gasteiger partial charge is 0.312 e.